The Labute approximate surface area is 100.0 Å². The van der Waals surface area contributed by atoms with Crippen molar-refractivity contribution in [3.8, 4) is 0 Å². The maximum atomic E-state index is 13.1. The van der Waals surface area contributed by atoms with Gasteiger partial charge in [-0.15, -0.1) is 0 Å². The van der Waals surface area contributed by atoms with E-state index in [1.807, 2.05) is 0 Å². The lowest BCUT2D eigenvalue weighted by Crippen LogP contribution is -2.33. The summed E-state index contributed by atoms with van der Waals surface area (Å²) in [7, 11) is 0. The molecule has 1 aliphatic heterocycles. The monoisotopic (exact) mass is 242 g/mol. The molecule has 0 bridgehead atoms. The zero-order valence-electron chi connectivity index (χ0n) is 9.05. The second kappa shape index (κ2) is 5.13. The summed E-state index contributed by atoms with van der Waals surface area (Å²) in [6.45, 7) is 1.95. The first kappa shape index (κ1) is 11.8. The number of hydrogen-bond donors (Lipinski definition) is 2. The predicted octanol–water partition coefficient (Wildman–Crippen LogP) is 2.48. The minimum atomic E-state index is -0.274. The summed E-state index contributed by atoms with van der Waals surface area (Å²) in [5.74, 6) is 0.115. The van der Waals surface area contributed by atoms with Crippen molar-refractivity contribution in [2.75, 3.05) is 13.1 Å². The topological polar surface area (TPSA) is 38.0 Å². The van der Waals surface area contributed by atoms with Crippen LogP contribution in [0, 0.1) is 11.7 Å². The standard InChI is InChI=1S/C12H16ClFN2/c13-11-2-1-9(14)7-10(11)12(15)8-3-5-16-6-4-8/h1-2,7-8,12,16H,3-6,15H2/t12-/m1/s1. The van der Waals surface area contributed by atoms with Gasteiger partial charge in [-0.1, -0.05) is 11.6 Å². The molecule has 1 atom stereocenters. The van der Waals surface area contributed by atoms with E-state index in [1.54, 1.807) is 6.07 Å². The van der Waals surface area contributed by atoms with E-state index in [4.69, 9.17) is 17.3 Å². The lowest BCUT2D eigenvalue weighted by atomic mass is 9.86. The van der Waals surface area contributed by atoms with Crippen LogP contribution in [-0.2, 0) is 0 Å². The molecule has 4 heteroatoms. The van der Waals surface area contributed by atoms with Crippen molar-refractivity contribution >= 4 is 11.6 Å². The largest absolute Gasteiger partial charge is 0.324 e. The van der Waals surface area contributed by atoms with Gasteiger partial charge in [0.05, 0.1) is 0 Å². The van der Waals surface area contributed by atoms with E-state index >= 15 is 0 Å². The zero-order chi connectivity index (χ0) is 11.5. The van der Waals surface area contributed by atoms with Gasteiger partial charge in [0.2, 0.25) is 0 Å². The third-order valence-electron chi connectivity index (χ3n) is 3.21. The first-order valence-corrected chi connectivity index (χ1v) is 5.97. The van der Waals surface area contributed by atoms with Crippen LogP contribution in [0.5, 0.6) is 0 Å². The van der Waals surface area contributed by atoms with Crippen LogP contribution in [-0.4, -0.2) is 13.1 Å². The summed E-state index contributed by atoms with van der Waals surface area (Å²) in [4.78, 5) is 0. The van der Waals surface area contributed by atoms with Crippen LogP contribution < -0.4 is 11.1 Å². The molecule has 1 aromatic carbocycles. The van der Waals surface area contributed by atoms with E-state index < -0.39 is 0 Å². The molecular formula is C12H16ClFN2. The number of piperidine rings is 1. The van der Waals surface area contributed by atoms with Crippen molar-refractivity contribution in [3.05, 3.63) is 34.6 Å². The summed E-state index contributed by atoms with van der Waals surface area (Å²) >= 11 is 6.05. The fourth-order valence-electron chi connectivity index (χ4n) is 2.23. The lowest BCUT2D eigenvalue weighted by molar-refractivity contribution is 0.321. The average Bonchev–Trinajstić information content (AvgIpc) is 2.32. The number of nitrogens with two attached hydrogens (primary N) is 1. The Kier molecular flexibility index (Phi) is 3.79. The first-order chi connectivity index (χ1) is 7.68. The van der Waals surface area contributed by atoms with Crippen molar-refractivity contribution in [1.82, 2.24) is 5.32 Å². The molecule has 2 rings (SSSR count). The quantitative estimate of drug-likeness (QED) is 0.836. The Morgan fingerprint density at radius 3 is 2.75 bits per heavy atom. The highest BCUT2D eigenvalue weighted by Crippen LogP contribution is 2.31. The molecule has 0 aliphatic carbocycles. The van der Waals surface area contributed by atoms with Gasteiger partial charge in [-0.25, -0.2) is 4.39 Å². The van der Waals surface area contributed by atoms with E-state index in [0.29, 0.717) is 10.9 Å². The summed E-state index contributed by atoms with van der Waals surface area (Å²) in [6.07, 6.45) is 2.04. The van der Waals surface area contributed by atoms with Gasteiger partial charge in [-0.3, -0.25) is 0 Å². The maximum Gasteiger partial charge on any atom is 0.123 e. The maximum absolute atomic E-state index is 13.1. The highest BCUT2D eigenvalue weighted by Gasteiger charge is 2.23. The molecule has 0 spiro atoms. The summed E-state index contributed by atoms with van der Waals surface area (Å²) in [5.41, 5.74) is 6.89. The van der Waals surface area contributed by atoms with Crippen LogP contribution in [0.15, 0.2) is 18.2 Å². The van der Waals surface area contributed by atoms with Gasteiger partial charge in [0.25, 0.3) is 0 Å². The Bertz CT molecular complexity index is 364. The number of halogens is 2. The van der Waals surface area contributed by atoms with Crippen LogP contribution in [0.3, 0.4) is 0 Å². The van der Waals surface area contributed by atoms with E-state index in [0.717, 1.165) is 31.5 Å². The van der Waals surface area contributed by atoms with Gasteiger partial charge >= 0.3 is 0 Å². The van der Waals surface area contributed by atoms with Gasteiger partial charge in [-0.05, 0) is 55.6 Å². The third kappa shape index (κ3) is 2.54. The molecule has 1 fully saturated rings. The van der Waals surface area contributed by atoms with Gasteiger partial charge in [-0.2, -0.15) is 0 Å². The van der Waals surface area contributed by atoms with Crippen LogP contribution in [0.2, 0.25) is 5.02 Å². The molecule has 3 N–H and O–H groups in total. The molecule has 0 unspecified atom stereocenters. The second-order valence-corrected chi connectivity index (χ2v) is 4.69. The molecule has 1 aromatic rings. The Hall–Kier alpha value is -0.640. The summed E-state index contributed by atoms with van der Waals surface area (Å²) < 4.78 is 13.1. The molecule has 0 saturated carbocycles. The summed E-state index contributed by atoms with van der Waals surface area (Å²) in [6, 6.07) is 4.23. The Balaban J connectivity index is 2.18. The van der Waals surface area contributed by atoms with Crippen molar-refractivity contribution in [1.29, 1.82) is 0 Å². The average molecular weight is 243 g/mol. The molecule has 2 nitrogen and oxygen atoms in total. The van der Waals surface area contributed by atoms with Crippen molar-refractivity contribution < 1.29 is 4.39 Å². The highest BCUT2D eigenvalue weighted by molar-refractivity contribution is 6.31. The van der Waals surface area contributed by atoms with Crippen molar-refractivity contribution in [2.45, 2.75) is 18.9 Å². The highest BCUT2D eigenvalue weighted by atomic mass is 35.5. The fraction of sp³-hybridized carbons (Fsp3) is 0.500. The van der Waals surface area contributed by atoms with Gasteiger partial charge in [0.15, 0.2) is 0 Å². The lowest BCUT2D eigenvalue weighted by Gasteiger charge is -2.28. The van der Waals surface area contributed by atoms with Crippen LogP contribution in [0.4, 0.5) is 4.39 Å². The predicted molar refractivity (Wildman–Crippen MR) is 63.9 cm³/mol. The Morgan fingerprint density at radius 2 is 2.06 bits per heavy atom. The molecule has 1 heterocycles. The molecule has 0 amide bonds. The van der Waals surface area contributed by atoms with Gasteiger partial charge < -0.3 is 11.1 Å². The molecule has 1 aliphatic rings. The summed E-state index contributed by atoms with van der Waals surface area (Å²) in [5, 5.41) is 3.85. The van der Waals surface area contributed by atoms with Crippen LogP contribution in [0.1, 0.15) is 24.4 Å². The molecule has 0 aromatic heterocycles. The third-order valence-corrected chi connectivity index (χ3v) is 3.55. The van der Waals surface area contributed by atoms with Gasteiger partial charge in [0, 0.05) is 11.1 Å². The molecule has 0 radical (unpaired) electrons. The Morgan fingerprint density at radius 1 is 1.38 bits per heavy atom. The zero-order valence-corrected chi connectivity index (χ0v) is 9.80. The van der Waals surface area contributed by atoms with Crippen LogP contribution in [0.25, 0.3) is 0 Å². The molecule has 88 valence electrons. The van der Waals surface area contributed by atoms with E-state index in [9.17, 15) is 4.39 Å². The minimum absolute atomic E-state index is 0.162. The first-order valence-electron chi connectivity index (χ1n) is 5.59. The number of hydrogen-bond acceptors (Lipinski definition) is 2. The van der Waals surface area contributed by atoms with E-state index in [1.165, 1.54) is 12.1 Å². The molecule has 1 saturated heterocycles. The van der Waals surface area contributed by atoms with Gasteiger partial charge in [0.1, 0.15) is 5.82 Å². The number of nitrogens with one attached hydrogen (secondary N) is 1. The number of benzene rings is 1. The normalized spacial score (nSPS) is 19.7. The SMILES string of the molecule is N[C@@H](c1cc(F)ccc1Cl)C1CCNCC1. The second-order valence-electron chi connectivity index (χ2n) is 4.28. The number of rotatable bonds is 2. The minimum Gasteiger partial charge on any atom is -0.324 e. The smallest absolute Gasteiger partial charge is 0.123 e. The van der Waals surface area contributed by atoms with Crippen LogP contribution >= 0.6 is 11.6 Å². The fourth-order valence-corrected chi connectivity index (χ4v) is 2.47. The van der Waals surface area contributed by atoms with E-state index in [-0.39, 0.29) is 11.9 Å². The molecule has 16 heavy (non-hydrogen) atoms. The van der Waals surface area contributed by atoms with E-state index in [2.05, 4.69) is 5.32 Å². The van der Waals surface area contributed by atoms with Crippen molar-refractivity contribution in [2.24, 2.45) is 11.7 Å². The van der Waals surface area contributed by atoms with Crippen molar-refractivity contribution in [3.63, 3.8) is 0 Å². The molecular weight excluding hydrogens is 227 g/mol.